The zero-order chi connectivity index (χ0) is 20.8. The Morgan fingerprint density at radius 2 is 1.86 bits per heavy atom. The van der Waals surface area contributed by atoms with Crippen LogP contribution in [0.25, 0.3) is 0 Å². The van der Waals surface area contributed by atoms with E-state index in [2.05, 4.69) is 26.6 Å². The van der Waals surface area contributed by atoms with Crippen molar-refractivity contribution < 1.29 is 19.5 Å². The first-order valence-electron chi connectivity index (χ1n) is 9.35. The lowest BCUT2D eigenvalue weighted by molar-refractivity contribution is -0.126. The second-order valence-electron chi connectivity index (χ2n) is 6.81. The maximum Gasteiger partial charge on any atom is 0.251 e. The number of phenolic OH excluding ortho intramolecular Hbond substituents is 1. The number of para-hydroxylation sites is 1. The summed E-state index contributed by atoms with van der Waals surface area (Å²) in [4.78, 5) is 38.3. The molecule has 0 bridgehead atoms. The molecule has 3 amide bonds. The van der Waals surface area contributed by atoms with Crippen LogP contribution in [-0.4, -0.2) is 42.5 Å². The average molecular weight is 460 g/mol. The molecule has 1 fully saturated rings. The predicted molar refractivity (Wildman–Crippen MR) is 113 cm³/mol. The standard InChI is InChI=1S/C21H22BrN3O4/c22-17-7-1-2-8-18(17)25-13-15(12-19(25)27)21(29)24-10-4-9-23-20(28)14-5-3-6-16(26)11-14/h1-3,5-8,11,15,26H,4,9-10,12-13H2,(H,23,28)(H,24,29). The third kappa shape index (κ3) is 5.35. The third-order valence-corrected chi connectivity index (χ3v) is 5.36. The highest BCUT2D eigenvalue weighted by molar-refractivity contribution is 9.10. The van der Waals surface area contributed by atoms with E-state index in [-0.39, 0.29) is 29.9 Å². The van der Waals surface area contributed by atoms with E-state index in [0.29, 0.717) is 31.6 Å². The van der Waals surface area contributed by atoms with E-state index in [9.17, 15) is 19.5 Å². The van der Waals surface area contributed by atoms with Crippen LogP contribution >= 0.6 is 15.9 Å². The van der Waals surface area contributed by atoms with Crippen molar-refractivity contribution in [1.82, 2.24) is 10.6 Å². The van der Waals surface area contributed by atoms with E-state index in [1.165, 1.54) is 12.1 Å². The van der Waals surface area contributed by atoms with Gasteiger partial charge in [0.25, 0.3) is 5.91 Å². The molecule has 0 radical (unpaired) electrons. The number of benzene rings is 2. The largest absolute Gasteiger partial charge is 0.508 e. The summed E-state index contributed by atoms with van der Waals surface area (Å²) in [6.07, 6.45) is 0.742. The van der Waals surface area contributed by atoms with Crippen molar-refractivity contribution in [3.05, 3.63) is 58.6 Å². The number of carbonyl (C=O) groups is 3. The van der Waals surface area contributed by atoms with Gasteiger partial charge in [0.2, 0.25) is 11.8 Å². The topological polar surface area (TPSA) is 98.7 Å². The van der Waals surface area contributed by atoms with Crippen molar-refractivity contribution in [3.63, 3.8) is 0 Å². The van der Waals surface area contributed by atoms with Crippen molar-refractivity contribution in [3.8, 4) is 5.75 Å². The number of phenols is 1. The predicted octanol–water partition coefficient (Wildman–Crippen LogP) is 2.44. The summed E-state index contributed by atoms with van der Waals surface area (Å²) < 4.78 is 0.817. The highest BCUT2D eigenvalue weighted by atomic mass is 79.9. The minimum Gasteiger partial charge on any atom is -0.508 e. The van der Waals surface area contributed by atoms with Crippen LogP contribution in [0.15, 0.2) is 53.0 Å². The van der Waals surface area contributed by atoms with Crippen LogP contribution in [0.4, 0.5) is 5.69 Å². The minimum atomic E-state index is -0.392. The summed E-state index contributed by atoms with van der Waals surface area (Å²) in [7, 11) is 0. The van der Waals surface area contributed by atoms with Gasteiger partial charge in [0.1, 0.15) is 5.75 Å². The number of nitrogens with zero attached hydrogens (tertiary/aromatic N) is 1. The van der Waals surface area contributed by atoms with Gasteiger partial charge in [0.05, 0.1) is 11.6 Å². The van der Waals surface area contributed by atoms with Gasteiger partial charge in [-0.2, -0.15) is 0 Å². The fourth-order valence-corrected chi connectivity index (χ4v) is 3.68. The third-order valence-electron chi connectivity index (χ3n) is 4.69. The molecule has 0 saturated carbocycles. The molecular weight excluding hydrogens is 438 g/mol. The molecule has 3 rings (SSSR count). The molecule has 1 saturated heterocycles. The summed E-state index contributed by atoms with van der Waals surface area (Å²) in [5.74, 6) is -0.871. The van der Waals surface area contributed by atoms with Crippen LogP contribution in [-0.2, 0) is 9.59 Å². The van der Waals surface area contributed by atoms with E-state index in [4.69, 9.17) is 0 Å². The molecule has 0 spiro atoms. The summed E-state index contributed by atoms with van der Waals surface area (Å²) >= 11 is 3.44. The Kier molecular flexibility index (Phi) is 6.87. The molecule has 29 heavy (non-hydrogen) atoms. The van der Waals surface area contributed by atoms with E-state index in [1.807, 2.05) is 24.3 Å². The molecule has 7 nitrogen and oxygen atoms in total. The second-order valence-corrected chi connectivity index (χ2v) is 7.66. The summed E-state index contributed by atoms with van der Waals surface area (Å²) in [5.41, 5.74) is 1.15. The van der Waals surface area contributed by atoms with Crippen LogP contribution in [0.1, 0.15) is 23.2 Å². The lowest BCUT2D eigenvalue weighted by Gasteiger charge is -2.18. The Bertz CT molecular complexity index is 918. The van der Waals surface area contributed by atoms with Gasteiger partial charge in [0.15, 0.2) is 0 Å². The molecule has 1 aliphatic rings. The molecule has 2 aromatic carbocycles. The highest BCUT2D eigenvalue weighted by Crippen LogP contribution is 2.31. The normalized spacial score (nSPS) is 16.0. The van der Waals surface area contributed by atoms with Crippen LogP contribution in [0, 0.1) is 5.92 Å². The number of nitrogens with one attached hydrogen (secondary N) is 2. The maximum atomic E-state index is 12.4. The number of halogens is 1. The molecule has 2 aromatic rings. The molecule has 1 atom stereocenters. The summed E-state index contributed by atoms with van der Waals surface area (Å²) in [6.45, 7) is 1.14. The zero-order valence-corrected chi connectivity index (χ0v) is 17.3. The number of anilines is 1. The maximum absolute atomic E-state index is 12.4. The van der Waals surface area contributed by atoms with E-state index in [0.717, 1.165) is 10.2 Å². The molecular formula is C21H22BrN3O4. The number of carbonyl (C=O) groups excluding carboxylic acids is 3. The van der Waals surface area contributed by atoms with Gasteiger partial charge in [-0.15, -0.1) is 0 Å². The van der Waals surface area contributed by atoms with Crippen LogP contribution < -0.4 is 15.5 Å². The minimum absolute atomic E-state index is 0.0348. The Morgan fingerprint density at radius 3 is 2.62 bits per heavy atom. The number of rotatable bonds is 7. The van der Waals surface area contributed by atoms with Crippen molar-refractivity contribution in [2.75, 3.05) is 24.5 Å². The highest BCUT2D eigenvalue weighted by Gasteiger charge is 2.35. The van der Waals surface area contributed by atoms with Gasteiger partial charge >= 0.3 is 0 Å². The van der Waals surface area contributed by atoms with E-state index < -0.39 is 5.92 Å². The van der Waals surface area contributed by atoms with Gasteiger partial charge in [-0.3, -0.25) is 14.4 Å². The fourth-order valence-electron chi connectivity index (χ4n) is 3.18. The fraction of sp³-hybridized carbons (Fsp3) is 0.286. The molecule has 1 aliphatic heterocycles. The first-order valence-corrected chi connectivity index (χ1v) is 10.1. The van der Waals surface area contributed by atoms with Gasteiger partial charge in [0, 0.05) is 36.1 Å². The van der Waals surface area contributed by atoms with Gasteiger partial charge in [-0.1, -0.05) is 18.2 Å². The molecule has 3 N–H and O–H groups in total. The Labute approximate surface area is 177 Å². The van der Waals surface area contributed by atoms with Crippen LogP contribution in [0.2, 0.25) is 0 Å². The van der Waals surface area contributed by atoms with Gasteiger partial charge in [-0.25, -0.2) is 0 Å². The monoisotopic (exact) mass is 459 g/mol. The smallest absolute Gasteiger partial charge is 0.251 e. The molecule has 0 aliphatic carbocycles. The molecule has 152 valence electrons. The molecule has 1 unspecified atom stereocenters. The molecule has 1 heterocycles. The van der Waals surface area contributed by atoms with E-state index >= 15 is 0 Å². The SMILES string of the molecule is O=C(NCCCNC(=O)C1CC(=O)N(c2ccccc2Br)C1)c1cccc(O)c1. The van der Waals surface area contributed by atoms with Crippen LogP contribution in [0.5, 0.6) is 5.75 Å². The lowest BCUT2D eigenvalue weighted by Crippen LogP contribution is -2.35. The van der Waals surface area contributed by atoms with E-state index in [1.54, 1.807) is 17.0 Å². The number of amides is 3. The van der Waals surface area contributed by atoms with Gasteiger partial charge in [-0.05, 0) is 52.7 Å². The zero-order valence-electron chi connectivity index (χ0n) is 15.7. The Hall–Kier alpha value is -2.87. The first kappa shape index (κ1) is 20.9. The summed E-state index contributed by atoms with van der Waals surface area (Å²) in [5, 5.41) is 15.0. The second kappa shape index (κ2) is 9.56. The lowest BCUT2D eigenvalue weighted by atomic mass is 10.1. The number of aromatic hydroxyl groups is 1. The van der Waals surface area contributed by atoms with Crippen molar-refractivity contribution in [2.24, 2.45) is 5.92 Å². The summed E-state index contributed by atoms with van der Waals surface area (Å²) in [6, 6.07) is 13.5. The molecule has 8 heteroatoms. The van der Waals surface area contributed by atoms with Crippen molar-refractivity contribution >= 4 is 39.3 Å². The Morgan fingerprint density at radius 1 is 1.10 bits per heavy atom. The number of hydrogen-bond acceptors (Lipinski definition) is 4. The van der Waals surface area contributed by atoms with Crippen LogP contribution in [0.3, 0.4) is 0 Å². The quantitative estimate of drug-likeness (QED) is 0.553. The van der Waals surface area contributed by atoms with Crippen molar-refractivity contribution in [2.45, 2.75) is 12.8 Å². The van der Waals surface area contributed by atoms with Gasteiger partial charge < -0.3 is 20.6 Å². The molecule has 0 aromatic heterocycles. The average Bonchev–Trinajstić information content (AvgIpc) is 3.09. The van der Waals surface area contributed by atoms with Crippen molar-refractivity contribution in [1.29, 1.82) is 0 Å². The number of hydrogen-bond donors (Lipinski definition) is 3. The first-order chi connectivity index (χ1) is 14.0. The Balaban J connectivity index is 1.40.